The Morgan fingerprint density at radius 1 is 0.778 bits per heavy atom. The number of aliphatic hydroxyl groups excluding tert-OH is 1. The lowest BCUT2D eigenvalue weighted by Gasteiger charge is -2.13. The molecule has 4 aromatic rings. The van der Waals surface area contributed by atoms with Gasteiger partial charge in [0.05, 0.1) is 6.61 Å². The molecule has 0 saturated heterocycles. The number of rotatable bonds is 3. The van der Waals surface area contributed by atoms with Crippen molar-refractivity contribution in [1.29, 1.82) is 0 Å². The Bertz CT molecular complexity index is 1180. The van der Waals surface area contributed by atoms with Crippen LogP contribution in [0.2, 0.25) is 0 Å². The van der Waals surface area contributed by atoms with E-state index in [1.54, 1.807) is 71.4 Å². The molecule has 0 atom stereocenters. The molecule has 4 rings (SSSR count). The van der Waals surface area contributed by atoms with Crippen molar-refractivity contribution in [3.63, 3.8) is 0 Å². The standard InChI is InChI=1S/C22H17NO4/c24-13-14-1-5-16(6-2-14)23-12-21(15-3-7-17(25)8-4-15)20-11-18(26)9-10-19(20)22(23)27/h1-12,24-26H,13H2. The summed E-state index contributed by atoms with van der Waals surface area (Å²) in [5, 5.41) is 29.8. The van der Waals surface area contributed by atoms with Gasteiger partial charge in [0.2, 0.25) is 0 Å². The number of aromatic hydroxyl groups is 2. The van der Waals surface area contributed by atoms with Gasteiger partial charge in [0.25, 0.3) is 5.56 Å². The molecule has 27 heavy (non-hydrogen) atoms. The van der Waals surface area contributed by atoms with Crippen molar-refractivity contribution in [2.45, 2.75) is 6.61 Å². The van der Waals surface area contributed by atoms with Crippen molar-refractivity contribution in [3.8, 4) is 28.3 Å². The molecule has 0 aliphatic heterocycles. The maximum Gasteiger partial charge on any atom is 0.262 e. The highest BCUT2D eigenvalue weighted by Gasteiger charge is 2.12. The number of aromatic nitrogens is 1. The van der Waals surface area contributed by atoms with Gasteiger partial charge < -0.3 is 15.3 Å². The Labute approximate surface area is 155 Å². The van der Waals surface area contributed by atoms with Crippen LogP contribution in [-0.4, -0.2) is 19.9 Å². The number of phenolic OH excluding ortho intramolecular Hbond substituents is 2. The number of fused-ring (bicyclic) bond motifs is 1. The van der Waals surface area contributed by atoms with E-state index in [-0.39, 0.29) is 23.7 Å². The topological polar surface area (TPSA) is 82.7 Å². The van der Waals surface area contributed by atoms with E-state index in [2.05, 4.69) is 0 Å². The average molecular weight is 359 g/mol. The molecule has 1 heterocycles. The second-order valence-corrected chi connectivity index (χ2v) is 6.32. The third-order valence-electron chi connectivity index (χ3n) is 4.58. The minimum atomic E-state index is -0.204. The van der Waals surface area contributed by atoms with Gasteiger partial charge in [0.1, 0.15) is 11.5 Å². The van der Waals surface area contributed by atoms with Crippen molar-refractivity contribution < 1.29 is 15.3 Å². The van der Waals surface area contributed by atoms with Crippen LogP contribution in [0.15, 0.2) is 77.7 Å². The Kier molecular flexibility index (Phi) is 4.14. The molecule has 1 aromatic heterocycles. The van der Waals surface area contributed by atoms with Crippen LogP contribution in [0.4, 0.5) is 0 Å². The van der Waals surface area contributed by atoms with Gasteiger partial charge in [0.15, 0.2) is 0 Å². The second-order valence-electron chi connectivity index (χ2n) is 6.32. The Balaban J connectivity index is 2.02. The van der Waals surface area contributed by atoms with Crippen molar-refractivity contribution >= 4 is 10.8 Å². The van der Waals surface area contributed by atoms with Gasteiger partial charge in [-0.1, -0.05) is 24.3 Å². The molecule has 0 spiro atoms. The number of hydrogen-bond donors (Lipinski definition) is 3. The summed E-state index contributed by atoms with van der Waals surface area (Å²) in [7, 11) is 0. The van der Waals surface area contributed by atoms with Gasteiger partial charge in [-0.25, -0.2) is 0 Å². The van der Waals surface area contributed by atoms with Crippen LogP contribution < -0.4 is 5.56 Å². The largest absolute Gasteiger partial charge is 0.508 e. The van der Waals surface area contributed by atoms with E-state index >= 15 is 0 Å². The summed E-state index contributed by atoms with van der Waals surface area (Å²) >= 11 is 0. The van der Waals surface area contributed by atoms with E-state index in [4.69, 9.17) is 0 Å². The van der Waals surface area contributed by atoms with E-state index < -0.39 is 0 Å². The molecule has 0 aliphatic carbocycles. The zero-order valence-electron chi connectivity index (χ0n) is 14.3. The van der Waals surface area contributed by atoms with E-state index in [0.29, 0.717) is 16.5 Å². The van der Waals surface area contributed by atoms with Crippen LogP contribution in [0.3, 0.4) is 0 Å². The second kappa shape index (κ2) is 6.63. The molecule has 3 aromatic carbocycles. The van der Waals surface area contributed by atoms with Gasteiger partial charge in [-0.15, -0.1) is 0 Å². The number of aliphatic hydroxyl groups is 1. The lowest BCUT2D eigenvalue weighted by molar-refractivity contribution is 0.282. The average Bonchev–Trinajstić information content (AvgIpc) is 2.69. The normalized spacial score (nSPS) is 11.0. The predicted octanol–water partition coefficient (Wildman–Crippen LogP) is 3.56. The highest BCUT2D eigenvalue weighted by atomic mass is 16.3. The predicted molar refractivity (Wildman–Crippen MR) is 104 cm³/mol. The summed E-state index contributed by atoms with van der Waals surface area (Å²) in [6.07, 6.45) is 1.73. The lowest BCUT2D eigenvalue weighted by atomic mass is 10.00. The van der Waals surface area contributed by atoms with Crippen LogP contribution in [0.5, 0.6) is 11.5 Å². The highest BCUT2D eigenvalue weighted by molar-refractivity contribution is 5.97. The van der Waals surface area contributed by atoms with E-state index in [1.807, 2.05) is 0 Å². The van der Waals surface area contributed by atoms with Crippen molar-refractivity contribution in [2.24, 2.45) is 0 Å². The number of phenols is 2. The smallest absolute Gasteiger partial charge is 0.262 e. The molecular formula is C22H17NO4. The lowest BCUT2D eigenvalue weighted by Crippen LogP contribution is -2.18. The minimum Gasteiger partial charge on any atom is -0.508 e. The van der Waals surface area contributed by atoms with Crippen LogP contribution in [0.25, 0.3) is 27.6 Å². The maximum absolute atomic E-state index is 13.0. The molecule has 0 bridgehead atoms. The zero-order chi connectivity index (χ0) is 19.0. The molecule has 3 N–H and O–H groups in total. The fraction of sp³-hybridized carbons (Fsp3) is 0.0455. The first-order valence-corrected chi connectivity index (χ1v) is 8.45. The summed E-state index contributed by atoms with van der Waals surface area (Å²) in [5.41, 5.74) is 2.80. The third-order valence-corrected chi connectivity index (χ3v) is 4.58. The van der Waals surface area contributed by atoms with Gasteiger partial charge in [-0.05, 0) is 53.6 Å². The molecule has 0 radical (unpaired) electrons. The highest BCUT2D eigenvalue weighted by Crippen LogP contribution is 2.31. The number of benzene rings is 3. The van der Waals surface area contributed by atoms with E-state index in [9.17, 15) is 20.1 Å². The summed E-state index contributed by atoms with van der Waals surface area (Å²) in [5.74, 6) is 0.228. The summed E-state index contributed by atoms with van der Waals surface area (Å²) in [6, 6.07) is 18.4. The Morgan fingerprint density at radius 2 is 1.44 bits per heavy atom. The van der Waals surface area contributed by atoms with E-state index in [0.717, 1.165) is 16.7 Å². The molecule has 0 saturated carbocycles. The first-order chi connectivity index (χ1) is 13.1. The molecule has 0 aliphatic rings. The number of nitrogens with zero attached hydrogens (tertiary/aromatic N) is 1. The third kappa shape index (κ3) is 3.05. The zero-order valence-corrected chi connectivity index (χ0v) is 14.3. The summed E-state index contributed by atoms with van der Waals surface area (Å²) in [4.78, 5) is 13.0. The summed E-state index contributed by atoms with van der Waals surface area (Å²) < 4.78 is 1.54. The van der Waals surface area contributed by atoms with Crippen LogP contribution in [0, 0.1) is 0 Å². The Morgan fingerprint density at radius 3 is 2.11 bits per heavy atom. The Hall–Kier alpha value is -3.57. The molecular weight excluding hydrogens is 342 g/mol. The van der Waals surface area contributed by atoms with Crippen molar-refractivity contribution in [3.05, 3.63) is 88.8 Å². The van der Waals surface area contributed by atoms with Gasteiger partial charge in [0, 0.05) is 28.2 Å². The monoisotopic (exact) mass is 359 g/mol. The number of pyridine rings is 1. The summed E-state index contributed by atoms with van der Waals surface area (Å²) in [6.45, 7) is -0.0645. The van der Waals surface area contributed by atoms with Crippen LogP contribution in [-0.2, 0) is 6.61 Å². The van der Waals surface area contributed by atoms with Gasteiger partial charge in [-0.2, -0.15) is 0 Å². The van der Waals surface area contributed by atoms with Gasteiger partial charge in [-0.3, -0.25) is 9.36 Å². The molecule has 0 fully saturated rings. The van der Waals surface area contributed by atoms with Gasteiger partial charge >= 0.3 is 0 Å². The van der Waals surface area contributed by atoms with Crippen LogP contribution >= 0.6 is 0 Å². The first-order valence-electron chi connectivity index (χ1n) is 8.45. The minimum absolute atomic E-state index is 0.0645. The quantitative estimate of drug-likeness (QED) is 0.522. The maximum atomic E-state index is 13.0. The van der Waals surface area contributed by atoms with E-state index in [1.165, 1.54) is 6.07 Å². The number of hydrogen-bond acceptors (Lipinski definition) is 4. The molecule has 5 heteroatoms. The SMILES string of the molecule is O=c1c2ccc(O)cc2c(-c2ccc(O)cc2)cn1-c1ccc(CO)cc1. The fourth-order valence-electron chi connectivity index (χ4n) is 3.15. The fourth-order valence-corrected chi connectivity index (χ4v) is 3.15. The molecule has 0 unspecified atom stereocenters. The van der Waals surface area contributed by atoms with Crippen molar-refractivity contribution in [2.75, 3.05) is 0 Å². The van der Waals surface area contributed by atoms with Crippen LogP contribution in [0.1, 0.15) is 5.56 Å². The van der Waals surface area contributed by atoms with Crippen molar-refractivity contribution in [1.82, 2.24) is 4.57 Å². The molecule has 0 amide bonds. The first kappa shape index (κ1) is 16.9. The molecule has 134 valence electrons. The molecule has 5 nitrogen and oxygen atoms in total.